The van der Waals surface area contributed by atoms with Gasteiger partial charge in [-0.2, -0.15) is 0 Å². The molecule has 1 aromatic rings. The van der Waals surface area contributed by atoms with Crippen molar-refractivity contribution >= 4 is 5.97 Å². The van der Waals surface area contributed by atoms with Crippen molar-refractivity contribution in [2.24, 2.45) is 0 Å². The third-order valence-corrected chi connectivity index (χ3v) is 3.10. The quantitative estimate of drug-likeness (QED) is 0.830. The largest absolute Gasteiger partial charge is 0.480 e. The lowest BCUT2D eigenvalue weighted by atomic mass is 9.85. The highest BCUT2D eigenvalue weighted by Gasteiger charge is 2.43. The van der Waals surface area contributed by atoms with Gasteiger partial charge in [-0.1, -0.05) is 31.2 Å². The van der Waals surface area contributed by atoms with E-state index < -0.39 is 11.5 Å². The number of fused-ring (bicyclic) bond motifs is 1. The lowest BCUT2D eigenvalue weighted by molar-refractivity contribution is -0.150. The minimum Gasteiger partial charge on any atom is -0.480 e. The maximum atomic E-state index is 11.6. The summed E-state index contributed by atoms with van der Waals surface area (Å²) in [6.45, 7) is 3.33. The molecule has 2 N–H and O–H groups in total. The molecule has 0 aliphatic carbocycles. The van der Waals surface area contributed by atoms with Gasteiger partial charge < -0.3 is 9.84 Å². The van der Waals surface area contributed by atoms with Crippen LogP contribution in [0.15, 0.2) is 24.3 Å². The van der Waals surface area contributed by atoms with Crippen LogP contribution in [0.5, 0.6) is 0 Å². The lowest BCUT2D eigenvalue weighted by Crippen LogP contribution is -2.55. The molecule has 1 aliphatic heterocycles. The van der Waals surface area contributed by atoms with Gasteiger partial charge in [0.2, 0.25) is 0 Å². The Bertz CT molecular complexity index is 419. The standard InChI is InChI=1S/C13H17NO3/c1-2-7-14-13(12(15)16)9-17-8-10-5-3-4-6-11(10)13/h3-6,14H,2,7-9H2,1H3,(H,15,16). The minimum absolute atomic E-state index is 0.180. The highest BCUT2D eigenvalue weighted by atomic mass is 16.5. The van der Waals surface area contributed by atoms with Crippen molar-refractivity contribution in [1.29, 1.82) is 0 Å². The van der Waals surface area contributed by atoms with E-state index in [-0.39, 0.29) is 6.61 Å². The SMILES string of the molecule is CCCNC1(C(=O)O)COCc2ccccc21. The third-order valence-electron chi connectivity index (χ3n) is 3.10. The maximum absolute atomic E-state index is 11.6. The van der Waals surface area contributed by atoms with Crippen LogP contribution in [0.3, 0.4) is 0 Å². The van der Waals surface area contributed by atoms with Crippen molar-refractivity contribution in [2.45, 2.75) is 25.5 Å². The zero-order valence-corrected chi connectivity index (χ0v) is 9.90. The Balaban J connectivity index is 2.43. The molecule has 92 valence electrons. The van der Waals surface area contributed by atoms with E-state index in [2.05, 4.69) is 5.32 Å². The Hall–Kier alpha value is -1.39. The van der Waals surface area contributed by atoms with E-state index in [0.717, 1.165) is 17.5 Å². The molecule has 0 spiro atoms. The van der Waals surface area contributed by atoms with E-state index >= 15 is 0 Å². The molecule has 4 nitrogen and oxygen atoms in total. The molecule has 1 unspecified atom stereocenters. The van der Waals surface area contributed by atoms with Crippen LogP contribution >= 0.6 is 0 Å². The molecule has 2 rings (SSSR count). The molecule has 0 fully saturated rings. The fourth-order valence-electron chi connectivity index (χ4n) is 2.19. The van der Waals surface area contributed by atoms with E-state index in [1.54, 1.807) is 0 Å². The summed E-state index contributed by atoms with van der Waals surface area (Å²) in [4.78, 5) is 11.6. The third kappa shape index (κ3) is 2.06. The second kappa shape index (κ2) is 4.85. The highest BCUT2D eigenvalue weighted by molar-refractivity contribution is 5.82. The Morgan fingerprint density at radius 2 is 2.29 bits per heavy atom. The molecular formula is C13H17NO3. The summed E-state index contributed by atoms with van der Waals surface area (Å²) in [7, 11) is 0. The van der Waals surface area contributed by atoms with Crippen LogP contribution in [0.25, 0.3) is 0 Å². The molecule has 1 aromatic carbocycles. The molecule has 0 amide bonds. The average molecular weight is 235 g/mol. The van der Waals surface area contributed by atoms with Crippen LogP contribution in [0.4, 0.5) is 0 Å². The van der Waals surface area contributed by atoms with E-state index in [9.17, 15) is 9.90 Å². The first-order valence-electron chi connectivity index (χ1n) is 5.85. The van der Waals surface area contributed by atoms with Gasteiger partial charge in [-0.3, -0.25) is 5.32 Å². The first-order chi connectivity index (χ1) is 8.20. The molecule has 4 heteroatoms. The average Bonchev–Trinajstić information content (AvgIpc) is 2.36. The topological polar surface area (TPSA) is 58.6 Å². The molecule has 1 aliphatic rings. The van der Waals surface area contributed by atoms with Gasteiger partial charge >= 0.3 is 5.97 Å². The van der Waals surface area contributed by atoms with E-state index in [1.165, 1.54) is 0 Å². The Morgan fingerprint density at radius 1 is 1.53 bits per heavy atom. The first kappa shape index (κ1) is 12.1. The van der Waals surface area contributed by atoms with Crippen molar-refractivity contribution in [3.8, 4) is 0 Å². The van der Waals surface area contributed by atoms with Gasteiger partial charge in [-0.25, -0.2) is 4.79 Å². The molecule has 0 radical (unpaired) electrons. The summed E-state index contributed by atoms with van der Waals surface area (Å²) in [5.74, 6) is -0.877. The second-order valence-electron chi connectivity index (χ2n) is 4.29. The fourth-order valence-corrected chi connectivity index (χ4v) is 2.19. The molecule has 1 atom stereocenters. The number of aliphatic carboxylic acids is 1. The van der Waals surface area contributed by atoms with Gasteiger partial charge in [0.05, 0.1) is 13.2 Å². The molecule has 17 heavy (non-hydrogen) atoms. The second-order valence-corrected chi connectivity index (χ2v) is 4.29. The van der Waals surface area contributed by atoms with Crippen molar-refractivity contribution < 1.29 is 14.6 Å². The molecule has 0 bridgehead atoms. The van der Waals surface area contributed by atoms with Gasteiger partial charge in [0.15, 0.2) is 5.54 Å². The van der Waals surface area contributed by atoms with Crippen LogP contribution in [0.1, 0.15) is 24.5 Å². The van der Waals surface area contributed by atoms with E-state index in [4.69, 9.17) is 4.74 Å². The summed E-state index contributed by atoms with van der Waals surface area (Å²) in [6, 6.07) is 7.56. The Morgan fingerprint density at radius 3 is 3.00 bits per heavy atom. The normalized spacial score (nSPS) is 23.1. The van der Waals surface area contributed by atoms with Crippen LogP contribution in [-0.4, -0.2) is 24.2 Å². The van der Waals surface area contributed by atoms with Crippen LogP contribution in [-0.2, 0) is 21.7 Å². The number of benzene rings is 1. The number of rotatable bonds is 4. The molecule has 0 saturated carbocycles. The summed E-state index contributed by atoms with van der Waals surface area (Å²) < 4.78 is 5.43. The fraction of sp³-hybridized carbons (Fsp3) is 0.462. The van der Waals surface area contributed by atoms with Crippen molar-refractivity contribution in [1.82, 2.24) is 5.32 Å². The van der Waals surface area contributed by atoms with Crippen LogP contribution < -0.4 is 5.32 Å². The summed E-state index contributed by atoms with van der Waals surface area (Å²) in [5.41, 5.74) is 0.683. The zero-order valence-electron chi connectivity index (χ0n) is 9.90. The number of carboxylic acids is 1. The van der Waals surface area contributed by atoms with Gasteiger partial charge in [0.1, 0.15) is 0 Å². The number of hydrogen-bond donors (Lipinski definition) is 2. The summed E-state index contributed by atoms with van der Waals surface area (Å²) in [6.07, 6.45) is 0.886. The predicted molar refractivity (Wildman–Crippen MR) is 63.7 cm³/mol. The lowest BCUT2D eigenvalue weighted by Gasteiger charge is -2.36. The van der Waals surface area contributed by atoms with Crippen molar-refractivity contribution in [3.05, 3.63) is 35.4 Å². The Labute approximate surface area is 101 Å². The first-order valence-corrected chi connectivity index (χ1v) is 5.85. The number of hydrogen-bond acceptors (Lipinski definition) is 3. The maximum Gasteiger partial charge on any atom is 0.331 e. The van der Waals surface area contributed by atoms with Crippen molar-refractivity contribution in [2.75, 3.05) is 13.2 Å². The minimum atomic E-state index is -1.09. The number of carboxylic acid groups (broad SMARTS) is 1. The van der Waals surface area contributed by atoms with Gasteiger partial charge in [0.25, 0.3) is 0 Å². The molecule has 0 aromatic heterocycles. The predicted octanol–water partition coefficient (Wildman–Crippen LogP) is 1.50. The van der Waals surface area contributed by atoms with Crippen molar-refractivity contribution in [3.63, 3.8) is 0 Å². The number of ether oxygens (including phenoxy) is 1. The molecule has 0 saturated heterocycles. The Kier molecular flexibility index (Phi) is 3.45. The summed E-state index contributed by atoms with van der Waals surface area (Å²) >= 11 is 0. The van der Waals surface area contributed by atoms with Crippen LogP contribution in [0.2, 0.25) is 0 Å². The van der Waals surface area contributed by atoms with E-state index in [0.29, 0.717) is 13.2 Å². The van der Waals surface area contributed by atoms with Gasteiger partial charge in [0, 0.05) is 0 Å². The highest BCUT2D eigenvalue weighted by Crippen LogP contribution is 2.30. The van der Waals surface area contributed by atoms with Gasteiger partial charge in [-0.05, 0) is 24.1 Å². The summed E-state index contributed by atoms with van der Waals surface area (Å²) in [5, 5.41) is 12.6. The molecule has 1 heterocycles. The zero-order chi connectivity index (χ0) is 12.3. The molecular weight excluding hydrogens is 218 g/mol. The smallest absolute Gasteiger partial charge is 0.331 e. The number of nitrogens with one attached hydrogen (secondary N) is 1. The van der Waals surface area contributed by atoms with Crippen LogP contribution in [0, 0.1) is 0 Å². The van der Waals surface area contributed by atoms with E-state index in [1.807, 2.05) is 31.2 Å². The van der Waals surface area contributed by atoms with Gasteiger partial charge in [-0.15, -0.1) is 0 Å². The monoisotopic (exact) mass is 235 g/mol. The number of carbonyl (C=O) groups is 1.